The third kappa shape index (κ3) is 6.09. The topological polar surface area (TPSA) is 85.3 Å². The van der Waals surface area contributed by atoms with Gasteiger partial charge in [0.05, 0.1) is 41.0 Å². The number of rotatable bonds is 10. The minimum absolute atomic E-state index is 0.0993. The number of fused-ring (bicyclic) bond motifs is 1. The van der Waals surface area contributed by atoms with Gasteiger partial charge in [-0.3, -0.25) is 14.5 Å². The number of hydrogen-bond acceptors (Lipinski definition) is 7. The summed E-state index contributed by atoms with van der Waals surface area (Å²) in [6.07, 6.45) is -2.88. The predicted octanol–water partition coefficient (Wildman–Crippen LogP) is 5.60. The number of thioether (sulfide) groups is 1. The highest BCUT2D eigenvalue weighted by atomic mass is 35.5. The molecule has 1 N–H and O–H groups in total. The Morgan fingerprint density at radius 3 is 2.00 bits per heavy atom. The second-order valence-corrected chi connectivity index (χ2v) is 11.7. The number of amides is 2. The van der Waals surface area contributed by atoms with Crippen LogP contribution in [-0.4, -0.2) is 64.0 Å². The van der Waals surface area contributed by atoms with E-state index in [0.29, 0.717) is 12.4 Å². The zero-order valence-corrected chi connectivity index (χ0v) is 24.1. The zero-order valence-electron chi connectivity index (χ0n) is 21.7. The molecule has 2 heterocycles. The molecule has 1 saturated heterocycles. The zero-order chi connectivity index (χ0) is 28.2. The van der Waals surface area contributed by atoms with E-state index >= 15 is 0 Å². The lowest BCUT2D eigenvalue weighted by atomic mass is 9.96. The van der Waals surface area contributed by atoms with Crippen molar-refractivity contribution < 1.29 is 28.9 Å². The van der Waals surface area contributed by atoms with Crippen molar-refractivity contribution >= 4 is 46.8 Å². The van der Waals surface area contributed by atoms with E-state index in [-0.39, 0.29) is 34.4 Å². The van der Waals surface area contributed by atoms with Crippen molar-refractivity contribution in [2.24, 2.45) is 0 Å². The Bertz CT molecular complexity index is 1300. The van der Waals surface area contributed by atoms with Gasteiger partial charge in [0.2, 0.25) is 0 Å². The first-order chi connectivity index (χ1) is 19.4. The second kappa shape index (κ2) is 13.0. The van der Waals surface area contributed by atoms with Crippen molar-refractivity contribution in [2.45, 2.75) is 49.9 Å². The monoisotopic (exact) mass is 601 g/mol. The molecule has 0 spiro atoms. The van der Waals surface area contributed by atoms with E-state index in [0.717, 1.165) is 16.0 Å². The first-order valence-corrected chi connectivity index (χ1v) is 14.8. The molecule has 210 valence electrons. The second-order valence-electron chi connectivity index (χ2n) is 9.53. The number of imide groups is 1. The lowest BCUT2D eigenvalue weighted by molar-refractivity contribution is -0.205. The third-order valence-corrected chi connectivity index (χ3v) is 8.68. The molecular weight excluding hydrogens is 573 g/mol. The van der Waals surface area contributed by atoms with E-state index in [9.17, 15) is 14.7 Å². The molecule has 0 aliphatic carbocycles. The van der Waals surface area contributed by atoms with Gasteiger partial charge in [-0.1, -0.05) is 90.8 Å². The lowest BCUT2D eigenvalue weighted by Gasteiger charge is -2.47. The molecule has 40 heavy (non-hydrogen) atoms. The molecule has 5 rings (SSSR count). The molecule has 5 atom stereocenters. The minimum atomic E-state index is -1.19. The summed E-state index contributed by atoms with van der Waals surface area (Å²) in [6, 6.07) is 21.1. The van der Waals surface area contributed by atoms with Crippen LogP contribution in [0.15, 0.2) is 72.8 Å². The average Bonchev–Trinajstić information content (AvgIpc) is 3.19. The van der Waals surface area contributed by atoms with Crippen molar-refractivity contribution in [1.29, 1.82) is 0 Å². The quantitative estimate of drug-likeness (QED) is 0.303. The number of hydrogen-bond donors (Lipinski definition) is 1. The average molecular weight is 603 g/mol. The summed E-state index contributed by atoms with van der Waals surface area (Å²) in [4.78, 5) is 28.4. The summed E-state index contributed by atoms with van der Waals surface area (Å²) < 4.78 is 18.6. The van der Waals surface area contributed by atoms with E-state index in [2.05, 4.69) is 0 Å². The predicted molar refractivity (Wildman–Crippen MR) is 155 cm³/mol. The Balaban J connectivity index is 1.44. The van der Waals surface area contributed by atoms with Gasteiger partial charge in [-0.2, -0.15) is 0 Å². The maximum absolute atomic E-state index is 13.6. The van der Waals surface area contributed by atoms with Gasteiger partial charge < -0.3 is 19.3 Å². The molecule has 3 aromatic rings. The number of ether oxygens (including phenoxy) is 3. The number of benzene rings is 3. The maximum Gasteiger partial charge on any atom is 0.262 e. The molecule has 2 amide bonds. The molecule has 0 unspecified atom stereocenters. The van der Waals surface area contributed by atoms with Crippen LogP contribution in [0.3, 0.4) is 0 Å². The molecular formula is C30H29Cl2NO6S. The molecule has 2 aliphatic heterocycles. The van der Waals surface area contributed by atoms with Gasteiger partial charge in [0.15, 0.2) is 0 Å². The first kappa shape index (κ1) is 29.1. The van der Waals surface area contributed by atoms with Crippen LogP contribution in [0.2, 0.25) is 10.0 Å². The smallest absolute Gasteiger partial charge is 0.262 e. The van der Waals surface area contributed by atoms with E-state index in [1.54, 1.807) is 0 Å². The Morgan fingerprint density at radius 2 is 1.45 bits per heavy atom. The molecule has 7 nitrogen and oxygen atoms in total. The van der Waals surface area contributed by atoms with Crippen molar-refractivity contribution in [3.63, 3.8) is 0 Å². The van der Waals surface area contributed by atoms with E-state index in [4.69, 9.17) is 37.4 Å². The van der Waals surface area contributed by atoms with Crippen molar-refractivity contribution in [1.82, 2.24) is 4.90 Å². The summed E-state index contributed by atoms with van der Waals surface area (Å²) in [6.45, 7) is 2.57. The Kier molecular flexibility index (Phi) is 9.48. The van der Waals surface area contributed by atoms with Gasteiger partial charge in [0, 0.05) is 0 Å². The number of aliphatic hydroxyl groups excluding tert-OH is 1. The lowest BCUT2D eigenvalue weighted by Crippen LogP contribution is -2.65. The summed E-state index contributed by atoms with van der Waals surface area (Å²) in [5.74, 6) is -0.428. The van der Waals surface area contributed by atoms with Crippen molar-refractivity contribution in [3.8, 4) is 0 Å². The van der Waals surface area contributed by atoms with Crippen molar-refractivity contribution in [3.05, 3.63) is 105 Å². The van der Waals surface area contributed by atoms with Crippen LogP contribution in [-0.2, 0) is 27.4 Å². The molecule has 0 saturated carbocycles. The van der Waals surface area contributed by atoms with Crippen LogP contribution < -0.4 is 0 Å². The fraction of sp³-hybridized carbons (Fsp3) is 0.333. The van der Waals surface area contributed by atoms with Crippen LogP contribution in [0.4, 0.5) is 0 Å². The van der Waals surface area contributed by atoms with Crippen LogP contribution >= 0.6 is 35.0 Å². The number of carbonyl (C=O) groups is 2. The Labute approximate surface area is 247 Å². The number of halogens is 2. The highest BCUT2D eigenvalue weighted by molar-refractivity contribution is 7.99. The van der Waals surface area contributed by atoms with Gasteiger partial charge in [-0.25, -0.2) is 0 Å². The molecule has 0 bridgehead atoms. The van der Waals surface area contributed by atoms with E-state index < -0.39 is 41.6 Å². The first-order valence-electron chi connectivity index (χ1n) is 13.0. The normalized spacial score (nSPS) is 24.4. The van der Waals surface area contributed by atoms with Gasteiger partial charge in [0.25, 0.3) is 11.8 Å². The summed E-state index contributed by atoms with van der Waals surface area (Å²) in [7, 11) is 0. The summed E-state index contributed by atoms with van der Waals surface area (Å²) in [5.41, 5.74) is 1.52. The fourth-order valence-corrected chi connectivity index (χ4v) is 6.32. The maximum atomic E-state index is 13.6. The number of aliphatic hydroxyl groups is 1. The van der Waals surface area contributed by atoms with Crippen LogP contribution in [0.25, 0.3) is 0 Å². The van der Waals surface area contributed by atoms with E-state index in [1.165, 1.54) is 23.9 Å². The Hall–Kier alpha value is -2.43. The minimum Gasteiger partial charge on any atom is -0.388 e. The van der Waals surface area contributed by atoms with E-state index in [1.807, 2.05) is 67.6 Å². The van der Waals surface area contributed by atoms with Gasteiger partial charge in [-0.05, 0) is 29.0 Å². The van der Waals surface area contributed by atoms with Crippen LogP contribution in [0, 0.1) is 0 Å². The number of nitrogens with zero attached hydrogens (tertiary/aromatic N) is 1. The Morgan fingerprint density at radius 1 is 0.900 bits per heavy atom. The standard InChI is InChI=1S/C30H29Cl2NO6S/c1-2-40-30-25(33-28(35)20-13-22(31)23(32)14-21(20)29(33)36)27(38-16-19-11-7-4-8-12-19)26(34)24(39-30)17-37-15-18-9-5-3-6-10-18/h3-14,24-27,30,34H,2,15-17H2,1H3/t24-,25-,26-,27-,30+/m1/s1. The van der Waals surface area contributed by atoms with Crippen LogP contribution in [0.5, 0.6) is 0 Å². The van der Waals surface area contributed by atoms with Gasteiger partial charge in [0.1, 0.15) is 29.8 Å². The molecule has 10 heteroatoms. The fourth-order valence-electron chi connectivity index (χ4n) is 4.96. The highest BCUT2D eigenvalue weighted by Gasteiger charge is 2.54. The van der Waals surface area contributed by atoms with Crippen LogP contribution in [0.1, 0.15) is 38.8 Å². The SMILES string of the molecule is CCS[C@@H]1O[C@H](COCc2ccccc2)[C@@H](O)[C@H](OCc2ccccc2)[C@H]1N1C(=O)c2cc(Cl)c(Cl)cc2C1=O. The largest absolute Gasteiger partial charge is 0.388 e. The molecule has 0 aromatic heterocycles. The van der Waals surface area contributed by atoms with Gasteiger partial charge in [-0.15, -0.1) is 11.8 Å². The van der Waals surface area contributed by atoms with Crippen molar-refractivity contribution in [2.75, 3.05) is 12.4 Å². The highest BCUT2D eigenvalue weighted by Crippen LogP contribution is 2.39. The number of carbonyl (C=O) groups excluding carboxylic acids is 2. The molecule has 3 aromatic carbocycles. The third-order valence-electron chi connectivity index (χ3n) is 6.91. The molecule has 1 fully saturated rings. The summed E-state index contributed by atoms with van der Waals surface area (Å²) >= 11 is 13.8. The summed E-state index contributed by atoms with van der Waals surface area (Å²) in [5, 5.41) is 11.9. The molecule has 0 radical (unpaired) electrons. The van der Waals surface area contributed by atoms with Gasteiger partial charge >= 0.3 is 0 Å². The molecule has 2 aliphatic rings.